The number of amides is 1. The number of phenols is 1. The highest BCUT2D eigenvalue weighted by molar-refractivity contribution is 6.06. The summed E-state index contributed by atoms with van der Waals surface area (Å²) in [4.78, 5) is 24.8. The van der Waals surface area contributed by atoms with Crippen molar-refractivity contribution in [3.63, 3.8) is 0 Å². The summed E-state index contributed by atoms with van der Waals surface area (Å²) in [5.41, 5.74) is 1.05. The third kappa shape index (κ3) is 1.91. The molecule has 110 valence electrons. The number of carbonyl (C=O) groups excluding carboxylic acids is 1. The van der Waals surface area contributed by atoms with Crippen LogP contribution in [0.25, 0.3) is 5.57 Å². The Hall–Kier alpha value is -2.34. The van der Waals surface area contributed by atoms with Crippen LogP contribution in [0.4, 0.5) is 0 Å². The van der Waals surface area contributed by atoms with E-state index in [1.165, 1.54) is 24.0 Å². The Balaban J connectivity index is 2.04. The number of aliphatic hydroxyl groups excluding tert-OH is 1. The molecule has 0 spiro atoms. The van der Waals surface area contributed by atoms with Crippen LogP contribution in [0.5, 0.6) is 5.75 Å². The molecule has 3 atom stereocenters. The second kappa shape index (κ2) is 4.60. The number of aromatic hydroxyl groups is 1. The Morgan fingerprint density at radius 3 is 2.71 bits per heavy atom. The number of carbonyl (C=O) groups is 2. The van der Waals surface area contributed by atoms with Crippen LogP contribution in [0.15, 0.2) is 30.0 Å². The molecule has 0 bridgehead atoms. The van der Waals surface area contributed by atoms with E-state index in [0.717, 1.165) is 0 Å². The zero-order valence-electron chi connectivity index (χ0n) is 11.4. The molecule has 21 heavy (non-hydrogen) atoms. The number of carboxylic acid groups (broad SMARTS) is 1. The molecule has 0 saturated carbocycles. The van der Waals surface area contributed by atoms with E-state index in [2.05, 4.69) is 0 Å². The van der Waals surface area contributed by atoms with Crippen molar-refractivity contribution in [2.75, 3.05) is 0 Å². The van der Waals surface area contributed by atoms with E-state index in [-0.39, 0.29) is 23.4 Å². The van der Waals surface area contributed by atoms with Crippen LogP contribution in [-0.4, -0.2) is 44.2 Å². The van der Waals surface area contributed by atoms with Crippen LogP contribution in [0.3, 0.4) is 0 Å². The predicted molar refractivity (Wildman–Crippen MR) is 73.1 cm³/mol. The van der Waals surface area contributed by atoms with Crippen LogP contribution in [-0.2, 0) is 9.59 Å². The lowest BCUT2D eigenvalue weighted by molar-refractivity contribution is -0.161. The maximum Gasteiger partial charge on any atom is 0.352 e. The van der Waals surface area contributed by atoms with E-state index in [4.69, 9.17) is 0 Å². The summed E-state index contributed by atoms with van der Waals surface area (Å²) in [6.07, 6.45) is -0.441. The summed E-state index contributed by atoms with van der Waals surface area (Å²) >= 11 is 0. The van der Waals surface area contributed by atoms with Gasteiger partial charge in [-0.1, -0.05) is 12.1 Å². The molecule has 0 aliphatic carbocycles. The molecule has 0 radical (unpaired) electrons. The Kier molecular flexibility index (Phi) is 2.98. The van der Waals surface area contributed by atoms with E-state index in [1.807, 2.05) is 0 Å². The fourth-order valence-electron chi connectivity index (χ4n) is 3.22. The maximum absolute atomic E-state index is 12.1. The molecule has 2 aliphatic heterocycles. The van der Waals surface area contributed by atoms with Gasteiger partial charge in [-0.2, -0.15) is 0 Å². The van der Waals surface area contributed by atoms with Gasteiger partial charge in [-0.15, -0.1) is 0 Å². The first-order chi connectivity index (χ1) is 9.91. The summed E-state index contributed by atoms with van der Waals surface area (Å²) in [6.45, 7) is 1.53. The molecule has 1 aromatic rings. The number of aliphatic hydroxyl groups is 1. The molecule has 3 N–H and O–H groups in total. The lowest BCUT2D eigenvalue weighted by Crippen LogP contribution is -2.61. The smallest absolute Gasteiger partial charge is 0.352 e. The summed E-state index contributed by atoms with van der Waals surface area (Å²) < 4.78 is 0. The minimum absolute atomic E-state index is 0.0392. The largest absolute Gasteiger partial charge is 0.508 e. The van der Waals surface area contributed by atoms with E-state index >= 15 is 0 Å². The van der Waals surface area contributed by atoms with Gasteiger partial charge in [0, 0.05) is 0 Å². The number of hydrogen-bond donors (Lipinski definition) is 3. The zero-order valence-corrected chi connectivity index (χ0v) is 11.4. The number of aliphatic carboxylic acids is 1. The number of rotatable bonds is 3. The van der Waals surface area contributed by atoms with Gasteiger partial charge in [-0.05, 0) is 36.6 Å². The fraction of sp³-hybridized carbons (Fsp3) is 0.333. The van der Waals surface area contributed by atoms with Gasteiger partial charge in [0.1, 0.15) is 11.4 Å². The topological polar surface area (TPSA) is 98.1 Å². The van der Waals surface area contributed by atoms with Crippen LogP contribution in [0.1, 0.15) is 18.9 Å². The zero-order chi connectivity index (χ0) is 15.3. The molecule has 6 nitrogen and oxygen atoms in total. The van der Waals surface area contributed by atoms with Crippen molar-refractivity contribution < 1.29 is 24.9 Å². The Morgan fingerprint density at radius 2 is 2.14 bits per heavy atom. The van der Waals surface area contributed by atoms with Gasteiger partial charge in [-0.3, -0.25) is 4.79 Å². The van der Waals surface area contributed by atoms with Crippen molar-refractivity contribution in [1.29, 1.82) is 0 Å². The monoisotopic (exact) mass is 289 g/mol. The second-order valence-corrected chi connectivity index (χ2v) is 5.43. The fourth-order valence-corrected chi connectivity index (χ4v) is 3.22. The van der Waals surface area contributed by atoms with Gasteiger partial charge in [0.15, 0.2) is 0 Å². The Bertz CT molecular complexity index is 664. The lowest BCUT2D eigenvalue weighted by atomic mass is 9.82. The molecule has 3 rings (SSSR count). The molecule has 1 fully saturated rings. The summed E-state index contributed by atoms with van der Waals surface area (Å²) in [6, 6.07) is 5.98. The number of phenolic OH excluding ortho intramolecular Hbond substituents is 1. The second-order valence-electron chi connectivity index (χ2n) is 5.43. The number of β-lactam (4-membered cyclic amide) rings is 1. The molecule has 1 amide bonds. The molecule has 0 unspecified atom stereocenters. The SMILES string of the molecule is C[C@@H](O)[C@H]1C(=O)N2C(C(=O)O)=C(c3cccc(O)c3)C[C@H]12. The molecule has 6 heteroatoms. The molecule has 1 aromatic carbocycles. The predicted octanol–water partition coefficient (Wildman–Crippen LogP) is 0.799. The minimum atomic E-state index is -1.17. The summed E-state index contributed by atoms with van der Waals surface area (Å²) in [5, 5.41) is 28.6. The van der Waals surface area contributed by atoms with Crippen molar-refractivity contribution in [2.24, 2.45) is 5.92 Å². The first-order valence-electron chi connectivity index (χ1n) is 6.68. The molecule has 2 aliphatic rings. The molecular formula is C15H15NO5. The first kappa shape index (κ1) is 13.6. The van der Waals surface area contributed by atoms with Gasteiger partial charge in [-0.25, -0.2) is 4.79 Å². The third-order valence-electron chi connectivity index (χ3n) is 4.13. The Labute approximate surface area is 120 Å². The standard InChI is InChI=1S/C15H15NO5/c1-7(17)12-11-6-10(8-3-2-4-9(18)5-8)13(15(20)21)16(11)14(12)19/h2-5,7,11-12,17-18H,6H2,1H3,(H,20,21)/t7-,11-,12-/m1/s1. The van der Waals surface area contributed by atoms with Crippen LogP contribution < -0.4 is 0 Å². The molecule has 0 aromatic heterocycles. The summed E-state index contributed by atoms with van der Waals surface area (Å²) in [7, 11) is 0. The van der Waals surface area contributed by atoms with Crippen molar-refractivity contribution >= 4 is 17.4 Å². The van der Waals surface area contributed by atoms with Crippen molar-refractivity contribution in [2.45, 2.75) is 25.5 Å². The van der Waals surface area contributed by atoms with E-state index in [0.29, 0.717) is 17.6 Å². The van der Waals surface area contributed by atoms with Gasteiger partial charge in [0.2, 0.25) is 5.91 Å². The highest BCUT2D eigenvalue weighted by Crippen LogP contribution is 2.47. The van der Waals surface area contributed by atoms with E-state index in [9.17, 15) is 24.9 Å². The average Bonchev–Trinajstić information content (AvgIpc) is 2.73. The maximum atomic E-state index is 12.1. The van der Waals surface area contributed by atoms with Crippen LogP contribution >= 0.6 is 0 Å². The highest BCUT2D eigenvalue weighted by atomic mass is 16.4. The van der Waals surface area contributed by atoms with E-state index < -0.39 is 18.0 Å². The Morgan fingerprint density at radius 1 is 1.43 bits per heavy atom. The first-order valence-corrected chi connectivity index (χ1v) is 6.68. The van der Waals surface area contributed by atoms with Crippen molar-refractivity contribution in [1.82, 2.24) is 4.90 Å². The summed E-state index contributed by atoms with van der Waals surface area (Å²) in [5.74, 6) is -2.05. The molecular weight excluding hydrogens is 274 g/mol. The highest BCUT2D eigenvalue weighted by Gasteiger charge is 2.56. The van der Waals surface area contributed by atoms with Crippen LogP contribution in [0.2, 0.25) is 0 Å². The number of nitrogens with zero attached hydrogens (tertiary/aromatic N) is 1. The van der Waals surface area contributed by atoms with Crippen LogP contribution in [0, 0.1) is 5.92 Å². The van der Waals surface area contributed by atoms with Crippen molar-refractivity contribution in [3.8, 4) is 5.75 Å². The molecule has 2 heterocycles. The number of fused-ring (bicyclic) bond motifs is 1. The quantitative estimate of drug-likeness (QED) is 0.715. The minimum Gasteiger partial charge on any atom is -0.508 e. The number of benzene rings is 1. The van der Waals surface area contributed by atoms with Gasteiger partial charge in [0.25, 0.3) is 0 Å². The molecule has 1 saturated heterocycles. The van der Waals surface area contributed by atoms with Gasteiger partial charge >= 0.3 is 5.97 Å². The number of hydrogen-bond acceptors (Lipinski definition) is 4. The van der Waals surface area contributed by atoms with Gasteiger partial charge < -0.3 is 20.2 Å². The lowest BCUT2D eigenvalue weighted by Gasteiger charge is -2.44. The third-order valence-corrected chi connectivity index (χ3v) is 4.13. The average molecular weight is 289 g/mol. The normalized spacial score (nSPS) is 25.6. The number of carboxylic acids is 1. The van der Waals surface area contributed by atoms with Gasteiger partial charge in [0.05, 0.1) is 18.1 Å². The van der Waals surface area contributed by atoms with Crippen molar-refractivity contribution in [3.05, 3.63) is 35.5 Å². The van der Waals surface area contributed by atoms with E-state index in [1.54, 1.807) is 12.1 Å².